The van der Waals surface area contributed by atoms with Gasteiger partial charge in [-0.3, -0.25) is 9.89 Å². The number of hydrogen-bond acceptors (Lipinski definition) is 3. The molecule has 25 heavy (non-hydrogen) atoms. The first-order chi connectivity index (χ1) is 11.8. The fourth-order valence-electron chi connectivity index (χ4n) is 3.69. The van der Waals surface area contributed by atoms with Crippen LogP contribution in [-0.2, 0) is 17.7 Å². The summed E-state index contributed by atoms with van der Waals surface area (Å²) < 4.78 is 6.00. The third kappa shape index (κ3) is 5.56. The summed E-state index contributed by atoms with van der Waals surface area (Å²) in [6.07, 6.45) is 3.91. The molecule has 0 aromatic heterocycles. The van der Waals surface area contributed by atoms with Crippen LogP contribution in [0, 0.1) is 0 Å². The minimum Gasteiger partial charge on any atom is -0.373 e. The Hall–Kier alpha value is -0.860. The molecule has 0 aliphatic carbocycles. The standard InChI is InChI=1S/C19H30N4O.HI/c1-3-15-7-4-5-8-16(15)11-21-19(20-2)22-12-18-13-23-10-6-9-17(23)14-24-18;/h4-5,7-8,17-18H,3,6,9-14H2,1-2H3,(H2,20,21,22);1H. The average Bonchev–Trinajstić information content (AvgIpc) is 3.10. The highest BCUT2D eigenvalue weighted by Crippen LogP contribution is 2.22. The van der Waals surface area contributed by atoms with E-state index in [-0.39, 0.29) is 30.1 Å². The highest BCUT2D eigenvalue weighted by atomic mass is 127. The van der Waals surface area contributed by atoms with Crippen LogP contribution in [0.3, 0.4) is 0 Å². The van der Waals surface area contributed by atoms with Gasteiger partial charge in [0.1, 0.15) is 0 Å². The predicted molar refractivity (Wildman–Crippen MR) is 114 cm³/mol. The van der Waals surface area contributed by atoms with Gasteiger partial charge in [0.2, 0.25) is 0 Å². The highest BCUT2D eigenvalue weighted by molar-refractivity contribution is 14.0. The van der Waals surface area contributed by atoms with Crippen LogP contribution in [0.1, 0.15) is 30.9 Å². The molecular formula is C19H31IN4O. The number of guanidine groups is 1. The molecule has 5 nitrogen and oxygen atoms in total. The van der Waals surface area contributed by atoms with Crippen LogP contribution in [0.4, 0.5) is 0 Å². The fraction of sp³-hybridized carbons (Fsp3) is 0.632. The summed E-state index contributed by atoms with van der Waals surface area (Å²) in [5, 5.41) is 6.83. The zero-order valence-electron chi connectivity index (χ0n) is 15.3. The summed E-state index contributed by atoms with van der Waals surface area (Å²) >= 11 is 0. The third-order valence-electron chi connectivity index (χ3n) is 5.13. The number of halogens is 1. The van der Waals surface area contributed by atoms with E-state index in [4.69, 9.17) is 4.74 Å². The van der Waals surface area contributed by atoms with Crippen LogP contribution in [-0.4, -0.2) is 56.3 Å². The number of fused-ring (bicyclic) bond motifs is 1. The van der Waals surface area contributed by atoms with Gasteiger partial charge in [0.15, 0.2) is 5.96 Å². The zero-order chi connectivity index (χ0) is 16.8. The second kappa shape index (κ2) is 10.3. The van der Waals surface area contributed by atoms with Gasteiger partial charge >= 0.3 is 0 Å². The molecule has 2 N–H and O–H groups in total. The van der Waals surface area contributed by atoms with Crippen molar-refractivity contribution < 1.29 is 4.74 Å². The number of rotatable bonds is 5. The van der Waals surface area contributed by atoms with Crippen LogP contribution < -0.4 is 10.6 Å². The Kier molecular flexibility index (Phi) is 8.45. The van der Waals surface area contributed by atoms with Crippen molar-refractivity contribution in [2.24, 2.45) is 4.99 Å². The largest absolute Gasteiger partial charge is 0.373 e. The monoisotopic (exact) mass is 458 g/mol. The Morgan fingerprint density at radius 3 is 2.84 bits per heavy atom. The molecule has 0 radical (unpaired) electrons. The Balaban J connectivity index is 0.00000225. The number of ether oxygens (including phenoxy) is 1. The third-order valence-corrected chi connectivity index (χ3v) is 5.13. The number of benzene rings is 1. The van der Waals surface area contributed by atoms with Crippen molar-refractivity contribution in [2.75, 3.05) is 33.3 Å². The van der Waals surface area contributed by atoms with E-state index in [2.05, 4.69) is 51.7 Å². The molecule has 6 heteroatoms. The lowest BCUT2D eigenvalue weighted by Gasteiger charge is -2.35. The molecular weight excluding hydrogens is 427 g/mol. The van der Waals surface area contributed by atoms with Crippen LogP contribution in [0.25, 0.3) is 0 Å². The lowest BCUT2D eigenvalue weighted by molar-refractivity contribution is -0.0453. The van der Waals surface area contributed by atoms with Crippen molar-refractivity contribution >= 4 is 29.9 Å². The van der Waals surface area contributed by atoms with E-state index >= 15 is 0 Å². The minimum absolute atomic E-state index is 0. The normalized spacial score (nSPS) is 23.7. The molecule has 2 atom stereocenters. The number of aliphatic imine (C=N–C) groups is 1. The van der Waals surface area contributed by atoms with Crippen molar-refractivity contribution in [2.45, 2.75) is 44.9 Å². The fourth-order valence-corrected chi connectivity index (χ4v) is 3.69. The van der Waals surface area contributed by atoms with E-state index in [1.165, 1.54) is 30.5 Å². The maximum Gasteiger partial charge on any atom is 0.191 e. The Bertz CT molecular complexity index is 566. The van der Waals surface area contributed by atoms with Gasteiger partial charge in [-0.15, -0.1) is 24.0 Å². The quantitative estimate of drug-likeness (QED) is 0.404. The van der Waals surface area contributed by atoms with Gasteiger partial charge in [0, 0.05) is 32.7 Å². The predicted octanol–water partition coefficient (Wildman–Crippen LogP) is 2.40. The van der Waals surface area contributed by atoms with Gasteiger partial charge in [-0.25, -0.2) is 0 Å². The van der Waals surface area contributed by atoms with Gasteiger partial charge in [0.05, 0.1) is 12.7 Å². The first-order valence-electron chi connectivity index (χ1n) is 9.17. The van der Waals surface area contributed by atoms with E-state index in [0.717, 1.165) is 38.6 Å². The van der Waals surface area contributed by atoms with Crippen molar-refractivity contribution in [3.05, 3.63) is 35.4 Å². The number of hydrogen-bond donors (Lipinski definition) is 2. The maximum atomic E-state index is 6.00. The van der Waals surface area contributed by atoms with Gasteiger partial charge < -0.3 is 15.4 Å². The van der Waals surface area contributed by atoms with E-state index in [0.29, 0.717) is 6.04 Å². The molecule has 140 valence electrons. The average molecular weight is 458 g/mol. The van der Waals surface area contributed by atoms with Crippen molar-refractivity contribution in [1.29, 1.82) is 0 Å². The zero-order valence-corrected chi connectivity index (χ0v) is 17.7. The van der Waals surface area contributed by atoms with Gasteiger partial charge in [-0.05, 0) is 36.9 Å². The molecule has 2 aliphatic heterocycles. The molecule has 0 amide bonds. The molecule has 2 saturated heterocycles. The maximum absolute atomic E-state index is 6.00. The van der Waals surface area contributed by atoms with E-state index in [1.54, 1.807) is 0 Å². The number of nitrogens with zero attached hydrogens (tertiary/aromatic N) is 2. The molecule has 2 aliphatic rings. The summed E-state index contributed by atoms with van der Waals surface area (Å²) in [5.74, 6) is 0.841. The van der Waals surface area contributed by atoms with E-state index in [1.807, 2.05) is 7.05 Å². The lowest BCUT2D eigenvalue weighted by Crippen LogP contribution is -2.51. The van der Waals surface area contributed by atoms with Crippen molar-refractivity contribution in [3.63, 3.8) is 0 Å². The topological polar surface area (TPSA) is 48.9 Å². The summed E-state index contributed by atoms with van der Waals surface area (Å²) in [6.45, 7) is 6.93. The lowest BCUT2D eigenvalue weighted by atomic mass is 10.1. The summed E-state index contributed by atoms with van der Waals surface area (Å²) in [4.78, 5) is 6.91. The summed E-state index contributed by atoms with van der Waals surface area (Å²) in [7, 11) is 1.82. The van der Waals surface area contributed by atoms with Crippen LogP contribution in [0.5, 0.6) is 0 Å². The SMILES string of the molecule is CCc1ccccc1CNC(=NC)NCC1CN2CCCC2CO1.I. The second-order valence-corrected chi connectivity index (χ2v) is 6.68. The van der Waals surface area contributed by atoms with Crippen molar-refractivity contribution in [1.82, 2.24) is 15.5 Å². The van der Waals surface area contributed by atoms with E-state index < -0.39 is 0 Å². The van der Waals surface area contributed by atoms with Gasteiger partial charge in [-0.2, -0.15) is 0 Å². The first kappa shape index (κ1) is 20.5. The second-order valence-electron chi connectivity index (χ2n) is 6.68. The van der Waals surface area contributed by atoms with Crippen molar-refractivity contribution in [3.8, 4) is 0 Å². The Morgan fingerprint density at radius 1 is 1.28 bits per heavy atom. The first-order valence-corrected chi connectivity index (χ1v) is 9.17. The molecule has 0 spiro atoms. The molecule has 0 bridgehead atoms. The Labute approximate surface area is 168 Å². The molecule has 2 unspecified atom stereocenters. The molecule has 1 aromatic rings. The Morgan fingerprint density at radius 2 is 2.08 bits per heavy atom. The summed E-state index contributed by atoms with van der Waals surface area (Å²) in [6, 6.07) is 9.21. The van der Waals surface area contributed by atoms with Crippen LogP contribution >= 0.6 is 24.0 Å². The van der Waals surface area contributed by atoms with Crippen LogP contribution in [0.2, 0.25) is 0 Å². The van der Waals surface area contributed by atoms with Crippen LogP contribution in [0.15, 0.2) is 29.3 Å². The number of aryl methyl sites for hydroxylation is 1. The molecule has 1 aromatic carbocycles. The van der Waals surface area contributed by atoms with E-state index in [9.17, 15) is 0 Å². The molecule has 0 saturated carbocycles. The molecule has 2 heterocycles. The molecule has 3 rings (SSSR count). The minimum atomic E-state index is 0. The van der Waals surface area contributed by atoms with Gasteiger partial charge in [0.25, 0.3) is 0 Å². The smallest absolute Gasteiger partial charge is 0.191 e. The number of nitrogens with one attached hydrogen (secondary N) is 2. The number of morpholine rings is 1. The molecule has 2 fully saturated rings. The summed E-state index contributed by atoms with van der Waals surface area (Å²) in [5.41, 5.74) is 2.72. The highest BCUT2D eigenvalue weighted by Gasteiger charge is 2.32. The van der Waals surface area contributed by atoms with Gasteiger partial charge in [-0.1, -0.05) is 31.2 Å².